The number of aromatic hydroxyl groups is 2. The van der Waals surface area contributed by atoms with E-state index in [9.17, 15) is 15.0 Å². The number of epoxide rings is 1. The van der Waals surface area contributed by atoms with Crippen molar-refractivity contribution in [2.24, 2.45) is 5.92 Å². The molecular weight excluding hydrogens is 358 g/mol. The molecule has 0 amide bonds. The van der Waals surface area contributed by atoms with Gasteiger partial charge in [0.15, 0.2) is 0 Å². The molecule has 1 aliphatic heterocycles. The molecule has 1 saturated carbocycles. The van der Waals surface area contributed by atoms with Crippen molar-refractivity contribution in [2.75, 3.05) is 0 Å². The zero-order chi connectivity index (χ0) is 20.0. The summed E-state index contributed by atoms with van der Waals surface area (Å²) >= 11 is 0. The normalized spacial score (nSPS) is 24.5. The summed E-state index contributed by atoms with van der Waals surface area (Å²) in [6.07, 6.45) is 4.89. The molecule has 2 aliphatic rings. The van der Waals surface area contributed by atoms with Gasteiger partial charge in [-0.3, -0.25) is 9.36 Å². The highest BCUT2D eigenvalue weighted by Gasteiger charge is 2.46. The second-order valence-electron chi connectivity index (χ2n) is 7.91. The number of nitrogens with zero attached hydrogens (tertiary/aromatic N) is 1. The van der Waals surface area contributed by atoms with Crippen LogP contribution in [0.3, 0.4) is 0 Å². The first-order valence-electron chi connectivity index (χ1n) is 9.98. The summed E-state index contributed by atoms with van der Waals surface area (Å²) in [6.45, 7) is 5.33. The molecule has 0 bridgehead atoms. The fourth-order valence-electron chi connectivity index (χ4n) is 4.77. The minimum absolute atomic E-state index is 0.0440. The molecule has 1 aromatic heterocycles. The van der Waals surface area contributed by atoms with E-state index < -0.39 is 5.97 Å². The number of carbonyl (C=O) groups is 1. The lowest BCUT2D eigenvalue weighted by Crippen LogP contribution is -2.20. The lowest BCUT2D eigenvalue weighted by Gasteiger charge is -2.28. The average molecular weight is 385 g/mol. The lowest BCUT2D eigenvalue weighted by molar-refractivity contribution is -0.131. The molecule has 28 heavy (non-hydrogen) atoms. The van der Waals surface area contributed by atoms with Crippen molar-refractivity contribution >= 4 is 5.97 Å². The van der Waals surface area contributed by atoms with Crippen LogP contribution >= 0.6 is 0 Å². The van der Waals surface area contributed by atoms with Crippen molar-refractivity contribution in [1.82, 2.24) is 4.57 Å². The van der Waals surface area contributed by atoms with Crippen molar-refractivity contribution in [3.63, 3.8) is 0 Å². The number of esters is 1. The molecule has 2 N–H and O–H groups in total. The monoisotopic (exact) mass is 385 g/mol. The molecule has 1 saturated heterocycles. The molecule has 6 heteroatoms. The van der Waals surface area contributed by atoms with Crippen LogP contribution in [0.2, 0.25) is 0 Å². The van der Waals surface area contributed by atoms with E-state index in [1.807, 2.05) is 6.92 Å². The number of hydrogen-bond donors (Lipinski definition) is 2. The summed E-state index contributed by atoms with van der Waals surface area (Å²) in [5, 5.41) is 21.8. The Hall–Kier alpha value is -2.47. The largest absolute Gasteiger partial charge is 0.494 e. The fourth-order valence-corrected chi connectivity index (χ4v) is 4.77. The van der Waals surface area contributed by atoms with Crippen LogP contribution in [0.5, 0.6) is 17.5 Å². The van der Waals surface area contributed by atoms with Gasteiger partial charge in [0.1, 0.15) is 5.75 Å². The Labute approximate surface area is 164 Å². The third-order valence-corrected chi connectivity index (χ3v) is 6.18. The number of benzene rings is 1. The molecule has 6 nitrogen and oxygen atoms in total. The molecule has 2 fully saturated rings. The molecule has 4 rings (SSSR count). The maximum atomic E-state index is 11.1. The quantitative estimate of drug-likeness (QED) is 0.458. The Morgan fingerprint density at radius 1 is 1.21 bits per heavy atom. The molecule has 1 aliphatic carbocycles. The van der Waals surface area contributed by atoms with Crippen LogP contribution in [0, 0.1) is 12.8 Å². The number of carbonyl (C=O) groups excluding carboxylic acids is 1. The van der Waals surface area contributed by atoms with E-state index in [2.05, 4.69) is 6.92 Å². The first-order chi connectivity index (χ1) is 13.4. The van der Waals surface area contributed by atoms with Crippen molar-refractivity contribution < 1.29 is 24.5 Å². The molecule has 4 unspecified atom stereocenters. The Kier molecular flexibility index (Phi) is 4.83. The average Bonchev–Trinajstić information content (AvgIpc) is 3.40. The number of ether oxygens (including phenoxy) is 2. The first-order valence-corrected chi connectivity index (χ1v) is 9.98. The first kappa shape index (κ1) is 18.9. The van der Waals surface area contributed by atoms with Crippen LogP contribution in [-0.4, -0.2) is 33.0 Å². The highest BCUT2D eigenvalue weighted by molar-refractivity contribution is 5.69. The standard InChI is InChI=1S/C22H27NO5/c1-4-17(14-5-10-18-19(11-14)28-18)20-12(2)21(25)23(22(20)26)15-6-8-16(9-7-15)27-13(3)24/h6-9,14,17-19,25-26H,4-5,10-11H2,1-3H3. The molecule has 4 atom stereocenters. The minimum atomic E-state index is -0.391. The number of hydrogen-bond acceptors (Lipinski definition) is 5. The van der Waals surface area contributed by atoms with Gasteiger partial charge in [-0.25, -0.2) is 0 Å². The summed E-state index contributed by atoms with van der Waals surface area (Å²) in [7, 11) is 0. The van der Waals surface area contributed by atoms with E-state index in [0.717, 1.165) is 31.2 Å². The predicted octanol–water partition coefficient (Wildman–Crippen LogP) is 4.18. The van der Waals surface area contributed by atoms with Gasteiger partial charge in [0.2, 0.25) is 11.8 Å². The molecule has 2 aromatic rings. The van der Waals surface area contributed by atoms with Gasteiger partial charge in [0.25, 0.3) is 0 Å². The summed E-state index contributed by atoms with van der Waals surface area (Å²) < 4.78 is 12.2. The smallest absolute Gasteiger partial charge is 0.308 e. The van der Waals surface area contributed by atoms with E-state index in [4.69, 9.17) is 9.47 Å². The molecular formula is C22H27NO5. The number of rotatable bonds is 5. The van der Waals surface area contributed by atoms with Crippen LogP contribution in [0.4, 0.5) is 0 Å². The zero-order valence-electron chi connectivity index (χ0n) is 16.5. The zero-order valence-corrected chi connectivity index (χ0v) is 16.5. The van der Waals surface area contributed by atoms with E-state index in [1.54, 1.807) is 24.3 Å². The lowest BCUT2D eigenvalue weighted by atomic mass is 9.75. The maximum Gasteiger partial charge on any atom is 0.308 e. The van der Waals surface area contributed by atoms with E-state index >= 15 is 0 Å². The third kappa shape index (κ3) is 3.26. The van der Waals surface area contributed by atoms with Gasteiger partial charge < -0.3 is 19.7 Å². The number of aromatic nitrogens is 1. The van der Waals surface area contributed by atoms with Crippen molar-refractivity contribution in [1.29, 1.82) is 0 Å². The van der Waals surface area contributed by atoms with Gasteiger partial charge >= 0.3 is 5.97 Å². The van der Waals surface area contributed by atoms with Crippen LogP contribution in [0.1, 0.15) is 56.6 Å². The number of fused-ring (bicyclic) bond motifs is 1. The Morgan fingerprint density at radius 2 is 1.93 bits per heavy atom. The molecule has 1 aromatic carbocycles. The molecule has 0 radical (unpaired) electrons. The Balaban J connectivity index is 1.67. The molecule has 0 spiro atoms. The van der Waals surface area contributed by atoms with Crippen molar-refractivity contribution in [2.45, 2.75) is 64.6 Å². The summed E-state index contributed by atoms with van der Waals surface area (Å²) in [5.41, 5.74) is 2.16. The summed E-state index contributed by atoms with van der Waals surface area (Å²) in [5.74, 6) is 0.783. The SMILES string of the molecule is CCC(c1c(C)c(O)n(-c2ccc(OC(C)=O)cc2)c1O)C1CCC2OC2C1. The maximum absolute atomic E-state index is 11.1. The summed E-state index contributed by atoms with van der Waals surface area (Å²) in [4.78, 5) is 11.1. The van der Waals surface area contributed by atoms with Gasteiger partial charge in [0, 0.05) is 18.1 Å². The van der Waals surface area contributed by atoms with Crippen molar-refractivity contribution in [3.05, 3.63) is 35.4 Å². The van der Waals surface area contributed by atoms with Crippen LogP contribution in [0.15, 0.2) is 24.3 Å². The summed E-state index contributed by atoms with van der Waals surface area (Å²) in [6, 6.07) is 6.72. The molecule has 2 heterocycles. The Bertz CT molecular complexity index is 885. The van der Waals surface area contributed by atoms with Gasteiger partial charge in [-0.15, -0.1) is 0 Å². The second-order valence-corrected chi connectivity index (χ2v) is 7.91. The predicted molar refractivity (Wildman–Crippen MR) is 104 cm³/mol. The van der Waals surface area contributed by atoms with Gasteiger partial charge in [-0.2, -0.15) is 0 Å². The van der Waals surface area contributed by atoms with E-state index in [0.29, 0.717) is 35.1 Å². The third-order valence-electron chi connectivity index (χ3n) is 6.18. The van der Waals surface area contributed by atoms with Crippen LogP contribution < -0.4 is 4.74 Å². The fraction of sp³-hybridized carbons (Fsp3) is 0.500. The van der Waals surface area contributed by atoms with Gasteiger partial charge in [-0.05, 0) is 68.7 Å². The molecule has 150 valence electrons. The highest BCUT2D eigenvalue weighted by atomic mass is 16.6. The second kappa shape index (κ2) is 7.17. The minimum Gasteiger partial charge on any atom is -0.494 e. The Morgan fingerprint density at radius 3 is 2.54 bits per heavy atom. The topological polar surface area (TPSA) is 84.2 Å². The highest BCUT2D eigenvalue weighted by Crippen LogP contribution is 2.50. The van der Waals surface area contributed by atoms with E-state index in [-0.39, 0.29) is 17.7 Å². The van der Waals surface area contributed by atoms with Crippen LogP contribution in [-0.2, 0) is 9.53 Å². The van der Waals surface area contributed by atoms with Crippen molar-refractivity contribution in [3.8, 4) is 23.2 Å². The van der Waals surface area contributed by atoms with E-state index in [1.165, 1.54) is 11.5 Å². The van der Waals surface area contributed by atoms with Gasteiger partial charge in [0.05, 0.1) is 17.9 Å². The van der Waals surface area contributed by atoms with Crippen LogP contribution in [0.25, 0.3) is 5.69 Å². The van der Waals surface area contributed by atoms with Gasteiger partial charge in [-0.1, -0.05) is 6.92 Å².